The molecule has 146 valence electrons. The van der Waals surface area contributed by atoms with Gasteiger partial charge in [0.2, 0.25) is 15.9 Å². The number of halogens is 2. The van der Waals surface area contributed by atoms with Crippen LogP contribution in [0.1, 0.15) is 18.4 Å². The Morgan fingerprint density at radius 1 is 1.11 bits per heavy atom. The van der Waals surface area contributed by atoms with Gasteiger partial charge in [0.25, 0.3) is 0 Å². The predicted molar refractivity (Wildman–Crippen MR) is 114 cm³/mol. The second-order valence-corrected chi connectivity index (χ2v) is 9.29. The molecule has 0 bridgehead atoms. The highest BCUT2D eigenvalue weighted by atomic mass is 127. The number of anilines is 1. The molecule has 0 aliphatic rings. The second-order valence-electron chi connectivity index (χ2n) is 6.14. The Morgan fingerprint density at radius 2 is 1.74 bits per heavy atom. The predicted octanol–water partition coefficient (Wildman–Crippen LogP) is 3.34. The van der Waals surface area contributed by atoms with E-state index in [0.717, 1.165) is 15.4 Å². The van der Waals surface area contributed by atoms with Gasteiger partial charge >= 0.3 is 0 Å². The van der Waals surface area contributed by atoms with E-state index in [2.05, 4.69) is 27.9 Å². The monoisotopic (exact) mass is 504 g/mol. The molecule has 0 atom stereocenters. The van der Waals surface area contributed by atoms with Gasteiger partial charge in [-0.1, -0.05) is 12.1 Å². The topological polar surface area (TPSA) is 66.5 Å². The summed E-state index contributed by atoms with van der Waals surface area (Å²) < 4.78 is 39.3. The molecule has 2 aromatic carbocycles. The van der Waals surface area contributed by atoms with Crippen LogP contribution in [0.25, 0.3) is 0 Å². The first-order valence-corrected chi connectivity index (χ1v) is 11.4. The minimum atomic E-state index is -3.42. The first-order valence-electron chi connectivity index (χ1n) is 8.50. The number of rotatable bonds is 9. The van der Waals surface area contributed by atoms with Crippen molar-refractivity contribution >= 4 is 44.2 Å². The standard InChI is InChI=1S/C19H22FIN2O3S/c1-27(25,26)23(18-10-8-17(21)9-11-18)14-2-3-19(24)22-13-12-15-4-6-16(20)7-5-15/h4-11H,2-3,12-14H2,1H3,(H,22,24). The van der Waals surface area contributed by atoms with Crippen LogP contribution in [0.15, 0.2) is 48.5 Å². The Kier molecular flexibility index (Phi) is 8.03. The molecule has 5 nitrogen and oxygen atoms in total. The fourth-order valence-electron chi connectivity index (χ4n) is 2.56. The molecule has 0 saturated heterocycles. The van der Waals surface area contributed by atoms with Gasteiger partial charge in [-0.15, -0.1) is 0 Å². The molecule has 0 aliphatic heterocycles. The van der Waals surface area contributed by atoms with Crippen LogP contribution in [-0.4, -0.2) is 33.7 Å². The summed E-state index contributed by atoms with van der Waals surface area (Å²) in [6.45, 7) is 0.697. The van der Waals surface area contributed by atoms with Crippen molar-refractivity contribution in [3.63, 3.8) is 0 Å². The minimum Gasteiger partial charge on any atom is -0.356 e. The molecule has 0 spiro atoms. The molecule has 0 saturated carbocycles. The summed E-state index contributed by atoms with van der Waals surface area (Å²) in [6, 6.07) is 13.4. The van der Waals surface area contributed by atoms with E-state index in [4.69, 9.17) is 0 Å². The molecule has 1 N–H and O–H groups in total. The molecule has 0 aliphatic carbocycles. The third-order valence-electron chi connectivity index (χ3n) is 3.93. The zero-order chi connectivity index (χ0) is 19.9. The highest BCUT2D eigenvalue weighted by Crippen LogP contribution is 2.19. The summed E-state index contributed by atoms with van der Waals surface area (Å²) in [5, 5.41) is 2.80. The van der Waals surface area contributed by atoms with Gasteiger partial charge in [0.15, 0.2) is 0 Å². The van der Waals surface area contributed by atoms with E-state index in [1.165, 1.54) is 16.4 Å². The quantitative estimate of drug-likeness (QED) is 0.533. The fourth-order valence-corrected chi connectivity index (χ4v) is 3.89. The number of hydrogen-bond donors (Lipinski definition) is 1. The van der Waals surface area contributed by atoms with E-state index in [9.17, 15) is 17.6 Å². The first kappa shape index (κ1) is 21.6. The van der Waals surface area contributed by atoms with Crippen LogP contribution in [0.5, 0.6) is 0 Å². The number of nitrogens with one attached hydrogen (secondary N) is 1. The third-order valence-corrected chi connectivity index (χ3v) is 5.84. The smallest absolute Gasteiger partial charge is 0.232 e. The van der Waals surface area contributed by atoms with Gasteiger partial charge in [-0.3, -0.25) is 9.10 Å². The Hall–Kier alpha value is -1.68. The lowest BCUT2D eigenvalue weighted by Crippen LogP contribution is -2.32. The van der Waals surface area contributed by atoms with Gasteiger partial charge in [-0.2, -0.15) is 0 Å². The summed E-state index contributed by atoms with van der Waals surface area (Å²) in [5.74, 6) is -0.417. The van der Waals surface area contributed by atoms with Crippen LogP contribution in [0, 0.1) is 9.39 Å². The Bertz CT molecular complexity index is 856. The largest absolute Gasteiger partial charge is 0.356 e. The third kappa shape index (κ3) is 7.45. The van der Waals surface area contributed by atoms with E-state index < -0.39 is 10.0 Å². The fraction of sp³-hybridized carbons (Fsp3) is 0.316. The van der Waals surface area contributed by atoms with E-state index in [1.807, 2.05) is 12.1 Å². The number of sulfonamides is 1. The van der Waals surface area contributed by atoms with Crippen LogP contribution in [-0.2, 0) is 21.2 Å². The average molecular weight is 504 g/mol. The van der Waals surface area contributed by atoms with Crippen molar-refractivity contribution in [1.82, 2.24) is 5.32 Å². The lowest BCUT2D eigenvalue weighted by Gasteiger charge is -2.22. The zero-order valence-corrected chi connectivity index (χ0v) is 18.0. The van der Waals surface area contributed by atoms with E-state index >= 15 is 0 Å². The summed E-state index contributed by atoms with van der Waals surface area (Å²) >= 11 is 2.16. The molecular weight excluding hydrogens is 482 g/mol. The maximum absolute atomic E-state index is 12.9. The number of carbonyl (C=O) groups excluding carboxylic acids is 1. The van der Waals surface area contributed by atoms with Crippen LogP contribution >= 0.6 is 22.6 Å². The summed E-state index contributed by atoms with van der Waals surface area (Å²) in [4.78, 5) is 12.0. The van der Waals surface area contributed by atoms with Crippen molar-refractivity contribution in [2.75, 3.05) is 23.7 Å². The van der Waals surface area contributed by atoms with Crippen LogP contribution < -0.4 is 9.62 Å². The van der Waals surface area contributed by atoms with Gasteiger partial charge in [-0.05, 0) is 77.4 Å². The van der Waals surface area contributed by atoms with Crippen LogP contribution in [0.3, 0.4) is 0 Å². The van der Waals surface area contributed by atoms with Crippen molar-refractivity contribution < 1.29 is 17.6 Å². The van der Waals surface area contributed by atoms with Gasteiger partial charge in [0.05, 0.1) is 11.9 Å². The number of amides is 1. The Labute approximate surface area is 173 Å². The minimum absolute atomic E-state index is 0.131. The lowest BCUT2D eigenvalue weighted by molar-refractivity contribution is -0.121. The summed E-state index contributed by atoms with van der Waals surface area (Å²) in [5.41, 5.74) is 1.54. The molecule has 0 radical (unpaired) electrons. The van der Waals surface area contributed by atoms with Crippen molar-refractivity contribution in [2.24, 2.45) is 0 Å². The summed E-state index contributed by atoms with van der Waals surface area (Å²) in [6.07, 6.45) is 2.43. The van der Waals surface area contributed by atoms with Gasteiger partial charge < -0.3 is 5.32 Å². The van der Waals surface area contributed by atoms with Gasteiger partial charge in [-0.25, -0.2) is 12.8 Å². The molecule has 1 amide bonds. The molecular formula is C19H22FIN2O3S. The zero-order valence-electron chi connectivity index (χ0n) is 15.0. The van der Waals surface area contributed by atoms with Crippen molar-refractivity contribution in [1.29, 1.82) is 0 Å². The van der Waals surface area contributed by atoms with Crippen molar-refractivity contribution in [3.8, 4) is 0 Å². The summed E-state index contributed by atoms with van der Waals surface area (Å²) in [7, 11) is -3.42. The molecule has 0 fully saturated rings. The molecule has 0 unspecified atom stereocenters. The normalized spacial score (nSPS) is 11.2. The van der Waals surface area contributed by atoms with Crippen LogP contribution in [0.4, 0.5) is 10.1 Å². The molecule has 0 aromatic heterocycles. The first-order chi connectivity index (χ1) is 12.8. The van der Waals surface area contributed by atoms with Crippen LogP contribution in [0.2, 0.25) is 0 Å². The number of nitrogens with zero attached hydrogens (tertiary/aromatic N) is 1. The van der Waals surface area contributed by atoms with E-state index in [1.54, 1.807) is 24.3 Å². The molecule has 8 heteroatoms. The maximum Gasteiger partial charge on any atom is 0.232 e. The molecule has 2 rings (SSSR count). The Morgan fingerprint density at radius 3 is 2.33 bits per heavy atom. The van der Waals surface area contributed by atoms with E-state index in [-0.39, 0.29) is 24.7 Å². The Balaban J connectivity index is 1.79. The lowest BCUT2D eigenvalue weighted by atomic mass is 10.1. The highest BCUT2D eigenvalue weighted by Gasteiger charge is 2.17. The van der Waals surface area contributed by atoms with Gasteiger partial charge in [0, 0.05) is 23.1 Å². The molecule has 27 heavy (non-hydrogen) atoms. The number of carbonyl (C=O) groups is 1. The SMILES string of the molecule is CS(=O)(=O)N(CCCC(=O)NCCc1ccc(F)cc1)c1ccc(I)cc1. The molecule has 0 heterocycles. The second kappa shape index (κ2) is 10.0. The molecule has 2 aromatic rings. The van der Waals surface area contributed by atoms with Gasteiger partial charge in [0.1, 0.15) is 5.82 Å². The maximum atomic E-state index is 12.9. The van der Waals surface area contributed by atoms with Crippen molar-refractivity contribution in [3.05, 3.63) is 63.5 Å². The number of benzene rings is 2. The van der Waals surface area contributed by atoms with Crippen molar-refractivity contribution in [2.45, 2.75) is 19.3 Å². The highest BCUT2D eigenvalue weighted by molar-refractivity contribution is 14.1. The van der Waals surface area contributed by atoms with E-state index in [0.29, 0.717) is 25.1 Å². The average Bonchev–Trinajstić information content (AvgIpc) is 2.60. The number of hydrogen-bond acceptors (Lipinski definition) is 3.